The average molecular weight is 230 g/mol. The first-order valence-electron chi connectivity index (χ1n) is 4.10. The molecule has 0 amide bonds. The summed E-state index contributed by atoms with van der Waals surface area (Å²) in [5, 5.41) is 32.1. The molecule has 0 aliphatic carbocycles. The lowest BCUT2D eigenvalue weighted by atomic mass is 10.4. The lowest BCUT2D eigenvalue weighted by molar-refractivity contribution is 0.0450. The molecule has 6 heteroatoms. The Kier molecular flexibility index (Phi) is 22.0. The third kappa shape index (κ3) is 87.7. The zero-order valence-electron chi connectivity index (χ0n) is 9.17. The van der Waals surface area contributed by atoms with E-state index in [-0.39, 0.29) is 19.3 Å². The highest BCUT2D eigenvalue weighted by atomic mass is 32.2. The highest BCUT2D eigenvalue weighted by molar-refractivity contribution is 7.89. The van der Waals surface area contributed by atoms with Gasteiger partial charge in [0.1, 0.15) is 6.10 Å². The first-order chi connectivity index (χ1) is 6.27. The summed E-state index contributed by atoms with van der Waals surface area (Å²) >= 11 is -0.611. The van der Waals surface area contributed by atoms with Crippen LogP contribution in [0.5, 0.6) is 0 Å². The molecule has 0 bridgehead atoms. The van der Waals surface area contributed by atoms with Gasteiger partial charge in [0.05, 0.1) is 25.7 Å². The van der Waals surface area contributed by atoms with E-state index >= 15 is 0 Å². The molecule has 5 nitrogen and oxygen atoms in total. The van der Waals surface area contributed by atoms with Gasteiger partial charge in [0, 0.05) is 6.10 Å². The van der Waals surface area contributed by atoms with E-state index in [9.17, 15) is 4.55 Å². The minimum atomic E-state index is -0.954. The maximum Gasteiger partial charge on any atom is 0.100 e. The second-order valence-corrected chi connectivity index (χ2v) is 4.34. The van der Waals surface area contributed by atoms with Gasteiger partial charge in [-0.05, 0) is 13.8 Å². The predicted molar refractivity (Wildman–Crippen MR) is 57.5 cm³/mol. The van der Waals surface area contributed by atoms with Crippen LogP contribution in [0.15, 0.2) is 0 Å². The standard InChI is InChI=1S/C3H8O3.C3H8O.C2H6OS/c4-1-3(6)2-5;1-3(2)4;1-4(2)3/h3-6H,1-2H2;3-4H,1-2H3;1-2H3. The van der Waals surface area contributed by atoms with Gasteiger partial charge in [-0.2, -0.15) is 0 Å². The van der Waals surface area contributed by atoms with Crippen LogP contribution in [-0.2, 0) is 11.2 Å². The van der Waals surface area contributed by atoms with E-state index in [1.165, 1.54) is 0 Å². The lowest BCUT2D eigenvalue weighted by Gasteiger charge is -1.96. The SMILES string of the molecule is CC(C)O.C[S+](C)[O-].OCC(O)CO. The van der Waals surface area contributed by atoms with Gasteiger partial charge >= 0.3 is 0 Å². The van der Waals surface area contributed by atoms with Crippen LogP contribution in [0, 0.1) is 0 Å². The Labute approximate surface area is 88.6 Å². The fraction of sp³-hybridized carbons (Fsp3) is 1.00. The zero-order valence-corrected chi connectivity index (χ0v) is 9.99. The van der Waals surface area contributed by atoms with Gasteiger partial charge in [-0.1, -0.05) is 11.2 Å². The van der Waals surface area contributed by atoms with Gasteiger partial charge < -0.3 is 25.0 Å². The quantitative estimate of drug-likeness (QED) is 0.442. The molecule has 14 heavy (non-hydrogen) atoms. The van der Waals surface area contributed by atoms with Crippen molar-refractivity contribution in [3.63, 3.8) is 0 Å². The average Bonchev–Trinajstić information content (AvgIpc) is 2.01. The van der Waals surface area contributed by atoms with Gasteiger partial charge in [-0.25, -0.2) is 0 Å². The molecular weight excluding hydrogens is 208 g/mol. The van der Waals surface area contributed by atoms with Crippen molar-refractivity contribution < 1.29 is 25.0 Å². The van der Waals surface area contributed by atoms with Crippen LogP contribution in [0.3, 0.4) is 0 Å². The molecule has 0 aromatic carbocycles. The van der Waals surface area contributed by atoms with Crippen LogP contribution in [0.4, 0.5) is 0 Å². The molecule has 0 aliphatic rings. The molecule has 0 fully saturated rings. The number of rotatable bonds is 2. The molecule has 0 unspecified atom stereocenters. The maximum atomic E-state index is 9.56. The monoisotopic (exact) mass is 230 g/mol. The topological polar surface area (TPSA) is 104 Å². The van der Waals surface area contributed by atoms with Crippen molar-refractivity contribution in [2.75, 3.05) is 25.7 Å². The maximum absolute atomic E-state index is 9.56. The molecule has 0 aliphatic heterocycles. The fourth-order valence-electron chi connectivity index (χ4n) is 0.0577. The van der Waals surface area contributed by atoms with Crippen molar-refractivity contribution in [1.82, 2.24) is 0 Å². The number of aliphatic hydroxyl groups is 4. The summed E-state index contributed by atoms with van der Waals surface area (Å²) in [6.45, 7) is 2.72. The van der Waals surface area contributed by atoms with E-state index in [4.69, 9.17) is 20.4 Å². The largest absolute Gasteiger partial charge is 0.617 e. The van der Waals surface area contributed by atoms with Gasteiger partial charge in [0.15, 0.2) is 0 Å². The molecule has 0 radical (unpaired) electrons. The predicted octanol–water partition coefficient (Wildman–Crippen LogP) is -1.29. The summed E-state index contributed by atoms with van der Waals surface area (Å²) < 4.78 is 9.56. The first kappa shape index (κ1) is 19.7. The van der Waals surface area contributed by atoms with Crippen LogP contribution < -0.4 is 0 Å². The van der Waals surface area contributed by atoms with Crippen LogP contribution in [-0.4, -0.2) is 62.9 Å². The summed E-state index contributed by atoms with van der Waals surface area (Å²) in [4.78, 5) is 0. The van der Waals surface area contributed by atoms with Crippen LogP contribution in [0.1, 0.15) is 13.8 Å². The lowest BCUT2D eigenvalue weighted by Crippen LogP contribution is -2.15. The minimum Gasteiger partial charge on any atom is -0.617 e. The van der Waals surface area contributed by atoms with Gasteiger partial charge in [0.2, 0.25) is 0 Å². The van der Waals surface area contributed by atoms with Crippen molar-refractivity contribution in [2.24, 2.45) is 0 Å². The van der Waals surface area contributed by atoms with Gasteiger partial charge in [-0.15, -0.1) is 0 Å². The van der Waals surface area contributed by atoms with Crippen molar-refractivity contribution in [1.29, 1.82) is 0 Å². The molecule has 0 atom stereocenters. The third-order valence-corrected chi connectivity index (χ3v) is 0.421. The van der Waals surface area contributed by atoms with Crippen LogP contribution in [0.25, 0.3) is 0 Å². The number of hydrogen-bond donors (Lipinski definition) is 4. The van der Waals surface area contributed by atoms with Crippen molar-refractivity contribution in [3.05, 3.63) is 0 Å². The second-order valence-electron chi connectivity index (χ2n) is 2.85. The molecule has 0 aromatic heterocycles. The first-order valence-corrected chi connectivity index (χ1v) is 6.07. The highest BCUT2D eigenvalue weighted by Crippen LogP contribution is 1.71. The molecule has 0 saturated carbocycles. The fourth-order valence-corrected chi connectivity index (χ4v) is 0.0577. The number of hydrogen-bond acceptors (Lipinski definition) is 5. The van der Waals surface area contributed by atoms with Gasteiger partial charge in [-0.3, -0.25) is 0 Å². The highest BCUT2D eigenvalue weighted by Gasteiger charge is 1.93. The summed E-state index contributed by atoms with van der Waals surface area (Å²) in [6, 6.07) is 0. The summed E-state index contributed by atoms with van der Waals surface area (Å²) in [5.41, 5.74) is 0. The molecule has 0 heterocycles. The normalized spacial score (nSPS) is 9.43. The summed E-state index contributed by atoms with van der Waals surface area (Å²) in [7, 11) is 0. The molecule has 0 aromatic rings. The number of aliphatic hydroxyl groups excluding tert-OH is 4. The van der Waals surface area contributed by atoms with Crippen LogP contribution in [0.2, 0.25) is 0 Å². The van der Waals surface area contributed by atoms with E-state index in [0.29, 0.717) is 0 Å². The molecule has 0 spiro atoms. The van der Waals surface area contributed by atoms with E-state index in [2.05, 4.69) is 0 Å². The zero-order chi connectivity index (χ0) is 12.1. The Balaban J connectivity index is -0.000000135. The Bertz CT molecular complexity index is 74.3. The van der Waals surface area contributed by atoms with E-state index in [1.54, 1.807) is 26.4 Å². The van der Waals surface area contributed by atoms with Crippen molar-refractivity contribution in [3.8, 4) is 0 Å². The molecular formula is C8H22O5S. The Morgan fingerprint density at radius 2 is 1.21 bits per heavy atom. The van der Waals surface area contributed by atoms with Crippen LogP contribution >= 0.6 is 0 Å². The molecule has 0 saturated heterocycles. The summed E-state index contributed by atoms with van der Waals surface area (Å²) in [6.07, 6.45) is 2.16. The van der Waals surface area contributed by atoms with E-state index < -0.39 is 17.3 Å². The second kappa shape index (κ2) is 15.6. The summed E-state index contributed by atoms with van der Waals surface area (Å²) in [5.74, 6) is 0. The van der Waals surface area contributed by atoms with Gasteiger partial charge in [0.25, 0.3) is 0 Å². The molecule has 90 valence electrons. The van der Waals surface area contributed by atoms with E-state index in [0.717, 1.165) is 0 Å². The Morgan fingerprint density at radius 3 is 1.21 bits per heavy atom. The smallest absolute Gasteiger partial charge is 0.100 e. The van der Waals surface area contributed by atoms with Crippen molar-refractivity contribution >= 4 is 11.2 Å². The minimum absolute atomic E-state index is 0.167. The third-order valence-electron chi connectivity index (χ3n) is 0.421. The molecule has 0 rings (SSSR count). The van der Waals surface area contributed by atoms with E-state index in [1.807, 2.05) is 0 Å². The Hall–Kier alpha value is 0.150. The molecule has 4 N–H and O–H groups in total. The Morgan fingerprint density at radius 1 is 1.07 bits per heavy atom. The van der Waals surface area contributed by atoms with Crippen molar-refractivity contribution in [2.45, 2.75) is 26.1 Å².